The van der Waals surface area contributed by atoms with Gasteiger partial charge in [0.15, 0.2) is 12.4 Å². The highest BCUT2D eigenvalue weighted by Crippen LogP contribution is 2.18. The van der Waals surface area contributed by atoms with Crippen LogP contribution in [0.4, 0.5) is 10.1 Å². The molecule has 0 saturated carbocycles. The van der Waals surface area contributed by atoms with Gasteiger partial charge in [-0.15, -0.1) is 0 Å². The standard InChI is InChI=1S/C14H17FN4O2/c1-8(2)19-12(17-7-18-19)6-21-14(20)11-5-10(16)4-9(3)13(11)15/h4-5,7-8H,6,16H2,1-3H3. The number of carbonyl (C=O) groups is 1. The van der Waals surface area contributed by atoms with Crippen molar-refractivity contribution in [2.45, 2.75) is 33.4 Å². The van der Waals surface area contributed by atoms with Crippen LogP contribution in [0.15, 0.2) is 18.5 Å². The third-order valence-corrected chi connectivity index (χ3v) is 2.97. The van der Waals surface area contributed by atoms with Crippen molar-refractivity contribution in [2.24, 2.45) is 0 Å². The first-order chi connectivity index (χ1) is 9.90. The van der Waals surface area contributed by atoms with Gasteiger partial charge in [0, 0.05) is 11.7 Å². The average molecular weight is 292 g/mol. The number of esters is 1. The minimum absolute atomic E-state index is 0.0791. The molecule has 0 fully saturated rings. The van der Waals surface area contributed by atoms with Crippen molar-refractivity contribution in [1.29, 1.82) is 0 Å². The monoisotopic (exact) mass is 292 g/mol. The molecule has 1 aromatic carbocycles. The molecule has 21 heavy (non-hydrogen) atoms. The Labute approximate surface area is 121 Å². The Kier molecular flexibility index (Phi) is 4.21. The minimum atomic E-state index is -0.777. The van der Waals surface area contributed by atoms with Crippen LogP contribution >= 0.6 is 0 Å². The first-order valence-corrected chi connectivity index (χ1v) is 6.51. The van der Waals surface area contributed by atoms with Gasteiger partial charge in [-0.2, -0.15) is 5.10 Å². The van der Waals surface area contributed by atoms with Crippen molar-refractivity contribution < 1.29 is 13.9 Å². The number of hydrogen-bond donors (Lipinski definition) is 1. The third kappa shape index (κ3) is 3.18. The molecule has 1 aromatic heterocycles. The molecule has 0 saturated heterocycles. The summed E-state index contributed by atoms with van der Waals surface area (Å²) in [6.45, 7) is 5.32. The van der Waals surface area contributed by atoms with Gasteiger partial charge in [0.1, 0.15) is 12.1 Å². The molecule has 112 valence electrons. The number of halogens is 1. The van der Waals surface area contributed by atoms with E-state index in [-0.39, 0.29) is 18.2 Å². The maximum atomic E-state index is 13.9. The average Bonchev–Trinajstić information content (AvgIpc) is 2.88. The lowest BCUT2D eigenvalue weighted by atomic mass is 10.1. The molecule has 0 bridgehead atoms. The normalized spacial score (nSPS) is 10.9. The topological polar surface area (TPSA) is 83.0 Å². The summed E-state index contributed by atoms with van der Waals surface area (Å²) >= 11 is 0. The molecule has 0 radical (unpaired) electrons. The lowest BCUT2D eigenvalue weighted by molar-refractivity contribution is 0.0449. The van der Waals surface area contributed by atoms with Gasteiger partial charge >= 0.3 is 5.97 Å². The van der Waals surface area contributed by atoms with Crippen LogP contribution in [0.25, 0.3) is 0 Å². The Morgan fingerprint density at radius 3 is 2.86 bits per heavy atom. The largest absolute Gasteiger partial charge is 0.454 e. The molecule has 0 aliphatic carbocycles. The van der Waals surface area contributed by atoms with Crippen LogP contribution in [0.3, 0.4) is 0 Å². The van der Waals surface area contributed by atoms with E-state index in [2.05, 4.69) is 10.1 Å². The number of anilines is 1. The van der Waals surface area contributed by atoms with Gasteiger partial charge in [-0.05, 0) is 38.5 Å². The van der Waals surface area contributed by atoms with Crippen LogP contribution in [0.5, 0.6) is 0 Å². The van der Waals surface area contributed by atoms with Crippen LogP contribution in [-0.2, 0) is 11.3 Å². The second-order valence-electron chi connectivity index (χ2n) is 4.99. The fourth-order valence-electron chi connectivity index (χ4n) is 1.96. The molecule has 0 amide bonds. The number of nitrogens with zero attached hydrogens (tertiary/aromatic N) is 3. The van der Waals surface area contributed by atoms with E-state index in [1.807, 2.05) is 13.8 Å². The highest BCUT2D eigenvalue weighted by molar-refractivity contribution is 5.91. The van der Waals surface area contributed by atoms with E-state index >= 15 is 0 Å². The zero-order valence-electron chi connectivity index (χ0n) is 12.1. The second kappa shape index (κ2) is 5.90. The maximum absolute atomic E-state index is 13.9. The molecule has 1 heterocycles. The van der Waals surface area contributed by atoms with Crippen molar-refractivity contribution in [3.63, 3.8) is 0 Å². The number of carbonyl (C=O) groups excluding carboxylic acids is 1. The van der Waals surface area contributed by atoms with Gasteiger partial charge < -0.3 is 10.5 Å². The minimum Gasteiger partial charge on any atom is -0.454 e. The van der Waals surface area contributed by atoms with Crippen LogP contribution in [0.1, 0.15) is 41.6 Å². The molecule has 0 aliphatic rings. The van der Waals surface area contributed by atoms with E-state index in [4.69, 9.17) is 10.5 Å². The van der Waals surface area contributed by atoms with Crippen molar-refractivity contribution in [1.82, 2.24) is 14.8 Å². The Morgan fingerprint density at radius 2 is 2.19 bits per heavy atom. The van der Waals surface area contributed by atoms with Crippen molar-refractivity contribution >= 4 is 11.7 Å². The Balaban J connectivity index is 2.14. The molecular formula is C14H17FN4O2. The van der Waals surface area contributed by atoms with Gasteiger partial charge in [0.05, 0.1) is 5.56 Å². The van der Waals surface area contributed by atoms with E-state index in [0.717, 1.165) is 0 Å². The van der Waals surface area contributed by atoms with Gasteiger partial charge in [-0.3, -0.25) is 0 Å². The fraction of sp³-hybridized carbons (Fsp3) is 0.357. The molecular weight excluding hydrogens is 275 g/mol. The number of ether oxygens (including phenoxy) is 1. The number of aryl methyl sites for hydroxylation is 1. The summed E-state index contributed by atoms with van der Waals surface area (Å²) in [6.07, 6.45) is 1.38. The molecule has 0 atom stereocenters. The molecule has 2 rings (SSSR count). The van der Waals surface area contributed by atoms with Crippen LogP contribution in [0.2, 0.25) is 0 Å². The summed E-state index contributed by atoms with van der Waals surface area (Å²) in [4.78, 5) is 16.0. The smallest absolute Gasteiger partial charge is 0.341 e. The van der Waals surface area contributed by atoms with Gasteiger partial charge in [0.2, 0.25) is 0 Å². The predicted octanol–water partition coefficient (Wildman–Crippen LogP) is 2.25. The number of nitrogens with two attached hydrogens (primary N) is 1. The van der Waals surface area contributed by atoms with Crippen LogP contribution in [-0.4, -0.2) is 20.7 Å². The highest BCUT2D eigenvalue weighted by atomic mass is 19.1. The van der Waals surface area contributed by atoms with Crippen molar-refractivity contribution in [2.75, 3.05) is 5.73 Å². The quantitative estimate of drug-likeness (QED) is 0.690. The van der Waals surface area contributed by atoms with Crippen LogP contribution < -0.4 is 5.73 Å². The molecule has 2 aromatic rings. The lowest BCUT2D eigenvalue weighted by Gasteiger charge is -2.10. The number of benzene rings is 1. The first kappa shape index (κ1) is 15.0. The van der Waals surface area contributed by atoms with Crippen molar-refractivity contribution in [3.05, 3.63) is 41.2 Å². The molecule has 2 N–H and O–H groups in total. The fourth-order valence-corrected chi connectivity index (χ4v) is 1.96. The van der Waals surface area contributed by atoms with E-state index in [9.17, 15) is 9.18 Å². The Morgan fingerprint density at radius 1 is 1.48 bits per heavy atom. The highest BCUT2D eigenvalue weighted by Gasteiger charge is 2.17. The molecule has 0 aliphatic heterocycles. The molecule has 0 spiro atoms. The summed E-state index contributed by atoms with van der Waals surface area (Å²) in [6, 6.07) is 2.81. The molecule has 0 unspecified atom stereocenters. The maximum Gasteiger partial charge on any atom is 0.341 e. The Bertz CT molecular complexity index is 667. The summed E-state index contributed by atoms with van der Waals surface area (Å²) in [5, 5.41) is 4.03. The van der Waals surface area contributed by atoms with Crippen molar-refractivity contribution in [3.8, 4) is 0 Å². The molecule has 6 nitrogen and oxygen atoms in total. The van der Waals surface area contributed by atoms with Gasteiger partial charge in [-0.1, -0.05) is 0 Å². The zero-order valence-corrected chi connectivity index (χ0v) is 12.1. The lowest BCUT2D eigenvalue weighted by Crippen LogP contribution is -2.14. The van der Waals surface area contributed by atoms with E-state index in [0.29, 0.717) is 17.1 Å². The number of nitrogen functional groups attached to an aromatic ring is 1. The van der Waals surface area contributed by atoms with E-state index in [1.54, 1.807) is 4.68 Å². The summed E-state index contributed by atoms with van der Waals surface area (Å²) in [5.74, 6) is -0.903. The van der Waals surface area contributed by atoms with Crippen LogP contribution in [0, 0.1) is 12.7 Å². The number of aromatic nitrogens is 3. The SMILES string of the molecule is Cc1cc(N)cc(C(=O)OCc2ncnn2C(C)C)c1F. The van der Waals surface area contributed by atoms with E-state index in [1.165, 1.54) is 25.4 Å². The van der Waals surface area contributed by atoms with E-state index < -0.39 is 11.8 Å². The van der Waals surface area contributed by atoms with Gasteiger partial charge in [0.25, 0.3) is 0 Å². The zero-order chi connectivity index (χ0) is 15.6. The summed E-state index contributed by atoms with van der Waals surface area (Å²) < 4.78 is 20.6. The second-order valence-corrected chi connectivity index (χ2v) is 4.99. The summed E-state index contributed by atoms with van der Waals surface area (Å²) in [7, 11) is 0. The first-order valence-electron chi connectivity index (χ1n) is 6.51. The third-order valence-electron chi connectivity index (χ3n) is 2.97. The predicted molar refractivity (Wildman–Crippen MR) is 75.1 cm³/mol. The van der Waals surface area contributed by atoms with Gasteiger partial charge in [-0.25, -0.2) is 18.9 Å². The number of rotatable bonds is 4. The Hall–Kier alpha value is -2.44. The summed E-state index contributed by atoms with van der Waals surface area (Å²) in [5.41, 5.74) is 6.05. The molecule has 7 heteroatoms. The number of hydrogen-bond acceptors (Lipinski definition) is 5.